The molecule has 1 aromatic rings. The monoisotopic (exact) mass is 275 g/mol. The molecular formula is C17H29N3. The number of hydrogen-bond donors (Lipinski definition) is 1. The number of likely N-dealkylation sites (N-methyl/N-ethyl adjacent to an activating group) is 1. The van der Waals surface area contributed by atoms with Crippen LogP contribution in [0.25, 0.3) is 0 Å². The van der Waals surface area contributed by atoms with Gasteiger partial charge in [-0.25, -0.2) is 0 Å². The van der Waals surface area contributed by atoms with Gasteiger partial charge in [-0.1, -0.05) is 26.7 Å². The summed E-state index contributed by atoms with van der Waals surface area (Å²) in [6.45, 7) is 7.46. The van der Waals surface area contributed by atoms with Crippen LogP contribution in [0.4, 0.5) is 0 Å². The van der Waals surface area contributed by atoms with Crippen LogP contribution in [0.5, 0.6) is 0 Å². The lowest BCUT2D eigenvalue weighted by atomic mass is 9.78. The maximum atomic E-state index is 6.13. The molecule has 1 aliphatic rings. The van der Waals surface area contributed by atoms with Crippen LogP contribution in [0.1, 0.15) is 45.1 Å². The number of nitrogens with zero attached hydrogens (tertiary/aromatic N) is 2. The van der Waals surface area contributed by atoms with E-state index in [4.69, 9.17) is 5.73 Å². The van der Waals surface area contributed by atoms with Crippen molar-refractivity contribution in [2.24, 2.45) is 17.6 Å². The lowest BCUT2D eigenvalue weighted by molar-refractivity contribution is 0.106. The molecule has 1 saturated carbocycles. The summed E-state index contributed by atoms with van der Waals surface area (Å²) in [6, 6.07) is 4.75. The average Bonchev–Trinajstić information content (AvgIpc) is 2.48. The Morgan fingerprint density at radius 3 is 2.70 bits per heavy atom. The van der Waals surface area contributed by atoms with Crippen molar-refractivity contribution in [1.29, 1.82) is 0 Å². The van der Waals surface area contributed by atoms with E-state index in [1.807, 2.05) is 12.4 Å². The quantitative estimate of drug-likeness (QED) is 0.867. The molecule has 0 aromatic carbocycles. The lowest BCUT2D eigenvalue weighted by Gasteiger charge is -2.39. The Bertz CT molecular complexity index is 379. The first kappa shape index (κ1) is 15.5. The third kappa shape index (κ3) is 4.03. The standard InChI is InChI=1S/C17H29N3/c1-3-20(13-15-7-9-19-10-8-15)17(12-18)16-6-4-5-14(2)11-16/h7-10,14,16-17H,3-6,11-13,18H2,1-2H3. The van der Waals surface area contributed by atoms with Crippen molar-refractivity contribution in [3.8, 4) is 0 Å². The summed E-state index contributed by atoms with van der Waals surface area (Å²) in [5.74, 6) is 1.63. The maximum absolute atomic E-state index is 6.13. The van der Waals surface area contributed by atoms with Gasteiger partial charge in [0.1, 0.15) is 0 Å². The van der Waals surface area contributed by atoms with Gasteiger partial charge in [-0.2, -0.15) is 0 Å². The van der Waals surface area contributed by atoms with Crippen molar-refractivity contribution in [2.75, 3.05) is 13.1 Å². The van der Waals surface area contributed by atoms with E-state index in [1.54, 1.807) is 0 Å². The fourth-order valence-corrected chi connectivity index (χ4v) is 3.66. The van der Waals surface area contributed by atoms with Crippen LogP contribution in [-0.2, 0) is 6.54 Å². The number of hydrogen-bond acceptors (Lipinski definition) is 3. The molecule has 0 bridgehead atoms. The summed E-state index contributed by atoms with van der Waals surface area (Å²) in [5, 5.41) is 0. The van der Waals surface area contributed by atoms with Crippen molar-refractivity contribution < 1.29 is 0 Å². The van der Waals surface area contributed by atoms with Crippen LogP contribution >= 0.6 is 0 Å². The molecule has 0 amide bonds. The van der Waals surface area contributed by atoms with Crippen LogP contribution < -0.4 is 5.73 Å². The predicted molar refractivity (Wildman–Crippen MR) is 84.3 cm³/mol. The molecule has 1 aromatic heterocycles. The van der Waals surface area contributed by atoms with E-state index >= 15 is 0 Å². The third-order valence-corrected chi connectivity index (χ3v) is 4.77. The van der Waals surface area contributed by atoms with Crippen molar-refractivity contribution in [3.63, 3.8) is 0 Å². The highest BCUT2D eigenvalue weighted by Gasteiger charge is 2.29. The predicted octanol–water partition coefficient (Wildman–Crippen LogP) is 3.06. The minimum absolute atomic E-state index is 0.524. The Labute approximate surface area is 123 Å². The third-order valence-electron chi connectivity index (χ3n) is 4.77. The average molecular weight is 275 g/mol. The Morgan fingerprint density at radius 1 is 1.35 bits per heavy atom. The number of aromatic nitrogens is 1. The molecule has 112 valence electrons. The molecule has 1 heterocycles. The first-order chi connectivity index (χ1) is 9.74. The second-order valence-corrected chi connectivity index (χ2v) is 6.25. The van der Waals surface area contributed by atoms with Gasteiger partial charge in [0.25, 0.3) is 0 Å². The molecular weight excluding hydrogens is 246 g/mol. The lowest BCUT2D eigenvalue weighted by Crippen LogP contribution is -2.46. The van der Waals surface area contributed by atoms with Crippen LogP contribution in [0.15, 0.2) is 24.5 Å². The van der Waals surface area contributed by atoms with Crippen LogP contribution in [0.3, 0.4) is 0 Å². The normalized spacial score (nSPS) is 24.8. The fraction of sp³-hybridized carbons (Fsp3) is 0.706. The Balaban J connectivity index is 2.03. The maximum Gasteiger partial charge on any atom is 0.0271 e. The van der Waals surface area contributed by atoms with Gasteiger partial charge in [0.2, 0.25) is 0 Å². The summed E-state index contributed by atoms with van der Waals surface area (Å²) in [7, 11) is 0. The first-order valence-corrected chi connectivity index (χ1v) is 8.07. The van der Waals surface area contributed by atoms with Gasteiger partial charge < -0.3 is 5.73 Å². The van der Waals surface area contributed by atoms with Crippen LogP contribution in [0.2, 0.25) is 0 Å². The Hall–Kier alpha value is -0.930. The molecule has 3 unspecified atom stereocenters. The number of pyridine rings is 1. The minimum atomic E-state index is 0.524. The summed E-state index contributed by atoms with van der Waals surface area (Å²) < 4.78 is 0. The molecule has 3 atom stereocenters. The molecule has 20 heavy (non-hydrogen) atoms. The topological polar surface area (TPSA) is 42.2 Å². The molecule has 0 saturated heterocycles. The van der Waals surface area contributed by atoms with Gasteiger partial charge in [0.05, 0.1) is 0 Å². The summed E-state index contributed by atoms with van der Waals surface area (Å²) >= 11 is 0. The van der Waals surface area contributed by atoms with E-state index in [-0.39, 0.29) is 0 Å². The molecule has 2 rings (SSSR count). The Morgan fingerprint density at radius 2 is 2.10 bits per heavy atom. The van der Waals surface area contributed by atoms with Gasteiger partial charge in [-0.3, -0.25) is 9.88 Å². The van der Waals surface area contributed by atoms with Crippen molar-refractivity contribution in [2.45, 2.75) is 52.1 Å². The van der Waals surface area contributed by atoms with Crippen molar-refractivity contribution in [3.05, 3.63) is 30.1 Å². The highest BCUT2D eigenvalue weighted by molar-refractivity contribution is 5.09. The summed E-state index contributed by atoms with van der Waals surface area (Å²) in [6.07, 6.45) is 9.21. The molecule has 3 nitrogen and oxygen atoms in total. The van der Waals surface area contributed by atoms with Gasteiger partial charge in [0, 0.05) is 31.5 Å². The fourth-order valence-electron chi connectivity index (χ4n) is 3.66. The smallest absolute Gasteiger partial charge is 0.0271 e. The molecule has 0 radical (unpaired) electrons. The zero-order valence-electron chi connectivity index (χ0n) is 13.0. The second kappa shape index (κ2) is 7.75. The molecule has 1 fully saturated rings. The highest BCUT2D eigenvalue weighted by Crippen LogP contribution is 2.32. The van der Waals surface area contributed by atoms with E-state index in [0.29, 0.717) is 6.04 Å². The number of rotatable bonds is 6. The van der Waals surface area contributed by atoms with E-state index in [0.717, 1.165) is 31.5 Å². The van der Waals surface area contributed by atoms with Gasteiger partial charge in [-0.05, 0) is 48.9 Å². The highest BCUT2D eigenvalue weighted by atomic mass is 15.2. The van der Waals surface area contributed by atoms with E-state index in [9.17, 15) is 0 Å². The van der Waals surface area contributed by atoms with Gasteiger partial charge >= 0.3 is 0 Å². The van der Waals surface area contributed by atoms with Crippen molar-refractivity contribution in [1.82, 2.24) is 9.88 Å². The van der Waals surface area contributed by atoms with E-state index in [2.05, 4.69) is 35.9 Å². The van der Waals surface area contributed by atoms with Gasteiger partial charge in [0.15, 0.2) is 0 Å². The Kier molecular flexibility index (Phi) is 5.99. The SMILES string of the molecule is CCN(Cc1ccncc1)C(CN)C1CCCC(C)C1. The van der Waals surface area contributed by atoms with Crippen LogP contribution in [0, 0.1) is 11.8 Å². The zero-order chi connectivity index (χ0) is 14.4. The zero-order valence-corrected chi connectivity index (χ0v) is 13.0. The second-order valence-electron chi connectivity index (χ2n) is 6.25. The first-order valence-electron chi connectivity index (χ1n) is 8.07. The largest absolute Gasteiger partial charge is 0.329 e. The summed E-state index contributed by atoms with van der Waals surface area (Å²) in [5.41, 5.74) is 7.46. The molecule has 1 aliphatic carbocycles. The number of nitrogens with two attached hydrogens (primary N) is 1. The molecule has 3 heteroatoms. The van der Waals surface area contributed by atoms with Gasteiger partial charge in [-0.15, -0.1) is 0 Å². The minimum Gasteiger partial charge on any atom is -0.329 e. The molecule has 2 N–H and O–H groups in total. The van der Waals surface area contributed by atoms with Crippen LogP contribution in [-0.4, -0.2) is 29.0 Å². The molecule has 0 spiro atoms. The summed E-state index contributed by atoms with van der Waals surface area (Å²) in [4.78, 5) is 6.65. The van der Waals surface area contributed by atoms with E-state index < -0.39 is 0 Å². The van der Waals surface area contributed by atoms with Crippen molar-refractivity contribution >= 4 is 0 Å². The van der Waals surface area contributed by atoms with E-state index in [1.165, 1.54) is 31.2 Å². The molecule has 0 aliphatic heterocycles.